The molecule has 0 bridgehead atoms. The van der Waals surface area contributed by atoms with Crippen molar-refractivity contribution in [3.8, 4) is 0 Å². The Labute approximate surface area is 130 Å². The summed E-state index contributed by atoms with van der Waals surface area (Å²) in [7, 11) is 0. The number of nitrogens with zero attached hydrogens (tertiary/aromatic N) is 1. The average molecular weight is 294 g/mol. The molecule has 2 aliphatic rings. The summed E-state index contributed by atoms with van der Waals surface area (Å²) in [5.74, 6) is 0.755. The van der Waals surface area contributed by atoms with E-state index in [1.807, 2.05) is 0 Å². The van der Waals surface area contributed by atoms with E-state index in [1.54, 1.807) is 0 Å². The van der Waals surface area contributed by atoms with Crippen molar-refractivity contribution < 1.29 is 4.79 Å². The maximum Gasteiger partial charge on any atom is 0.225 e. The fraction of sp³-hybridized carbons (Fsp3) is 0.944. The predicted molar refractivity (Wildman–Crippen MR) is 88.1 cm³/mol. The van der Waals surface area contributed by atoms with E-state index in [1.165, 1.54) is 64.2 Å². The van der Waals surface area contributed by atoms with E-state index in [0.29, 0.717) is 24.4 Å². The van der Waals surface area contributed by atoms with Crippen LogP contribution in [0.5, 0.6) is 0 Å². The van der Waals surface area contributed by atoms with Crippen molar-refractivity contribution in [3.63, 3.8) is 0 Å². The molecule has 0 spiro atoms. The molecule has 0 aromatic rings. The number of nitrogens with two attached hydrogens (primary N) is 1. The number of rotatable bonds is 5. The second-order valence-corrected chi connectivity index (χ2v) is 7.01. The van der Waals surface area contributed by atoms with Crippen LogP contribution in [-0.2, 0) is 4.79 Å². The number of hydrogen-bond acceptors (Lipinski definition) is 2. The molecule has 0 saturated heterocycles. The smallest absolute Gasteiger partial charge is 0.225 e. The minimum Gasteiger partial charge on any atom is -0.339 e. The zero-order chi connectivity index (χ0) is 14.9. The van der Waals surface area contributed by atoms with Crippen LogP contribution >= 0.6 is 0 Å². The molecule has 0 unspecified atom stereocenters. The van der Waals surface area contributed by atoms with Crippen molar-refractivity contribution in [2.24, 2.45) is 11.7 Å². The molecule has 122 valence electrons. The molecule has 21 heavy (non-hydrogen) atoms. The standard InChI is InChI=1S/C18H34N2O/c19-14-9-15-20(17-12-7-3-4-8-13-17)18(21)16-10-5-1-2-6-11-16/h16-17H,1-15,19H2. The lowest BCUT2D eigenvalue weighted by Crippen LogP contribution is -2.44. The Morgan fingerprint density at radius 2 is 1.38 bits per heavy atom. The van der Waals surface area contributed by atoms with Gasteiger partial charge in [0.25, 0.3) is 0 Å². The lowest BCUT2D eigenvalue weighted by Gasteiger charge is -2.34. The summed E-state index contributed by atoms with van der Waals surface area (Å²) in [6, 6.07) is 0.495. The van der Waals surface area contributed by atoms with Crippen LogP contribution in [0.1, 0.15) is 83.5 Å². The van der Waals surface area contributed by atoms with E-state index in [2.05, 4.69) is 4.90 Å². The summed E-state index contributed by atoms with van der Waals surface area (Å²) in [5, 5.41) is 0. The molecule has 2 fully saturated rings. The summed E-state index contributed by atoms with van der Waals surface area (Å²) >= 11 is 0. The molecular formula is C18H34N2O. The van der Waals surface area contributed by atoms with Crippen LogP contribution in [-0.4, -0.2) is 29.9 Å². The van der Waals surface area contributed by atoms with Crippen molar-refractivity contribution in [3.05, 3.63) is 0 Å². The van der Waals surface area contributed by atoms with Gasteiger partial charge in [-0.15, -0.1) is 0 Å². The summed E-state index contributed by atoms with van der Waals surface area (Å²) in [6.07, 6.45) is 16.0. The van der Waals surface area contributed by atoms with Gasteiger partial charge in [-0.2, -0.15) is 0 Å². The van der Waals surface area contributed by atoms with Gasteiger partial charge in [0.2, 0.25) is 5.91 Å². The Morgan fingerprint density at radius 3 is 1.90 bits per heavy atom. The molecule has 0 atom stereocenters. The summed E-state index contributed by atoms with van der Waals surface area (Å²) in [5.41, 5.74) is 5.70. The quantitative estimate of drug-likeness (QED) is 0.783. The van der Waals surface area contributed by atoms with Crippen LogP contribution in [0, 0.1) is 5.92 Å². The summed E-state index contributed by atoms with van der Waals surface area (Å²) in [4.78, 5) is 15.3. The first kappa shape index (κ1) is 16.8. The first-order valence-electron chi connectivity index (χ1n) is 9.33. The van der Waals surface area contributed by atoms with E-state index in [0.717, 1.165) is 25.8 Å². The van der Waals surface area contributed by atoms with Gasteiger partial charge < -0.3 is 10.6 Å². The molecular weight excluding hydrogens is 260 g/mol. The average Bonchev–Trinajstić information content (AvgIpc) is 2.92. The maximum absolute atomic E-state index is 13.1. The first-order chi connectivity index (χ1) is 10.3. The van der Waals surface area contributed by atoms with E-state index in [9.17, 15) is 4.79 Å². The van der Waals surface area contributed by atoms with Gasteiger partial charge in [0, 0.05) is 18.5 Å². The van der Waals surface area contributed by atoms with E-state index in [-0.39, 0.29) is 0 Å². The third-order valence-corrected chi connectivity index (χ3v) is 5.36. The highest BCUT2D eigenvalue weighted by Crippen LogP contribution is 2.28. The molecule has 2 aliphatic carbocycles. The maximum atomic E-state index is 13.1. The lowest BCUT2D eigenvalue weighted by molar-refractivity contribution is -0.138. The number of carbonyl (C=O) groups excluding carboxylic acids is 1. The topological polar surface area (TPSA) is 46.3 Å². The van der Waals surface area contributed by atoms with Gasteiger partial charge in [0.15, 0.2) is 0 Å². The third-order valence-electron chi connectivity index (χ3n) is 5.36. The van der Waals surface area contributed by atoms with Crippen molar-refractivity contribution in [2.75, 3.05) is 13.1 Å². The minimum atomic E-state index is 0.300. The summed E-state index contributed by atoms with van der Waals surface area (Å²) < 4.78 is 0. The minimum absolute atomic E-state index is 0.300. The monoisotopic (exact) mass is 294 g/mol. The van der Waals surface area contributed by atoms with Gasteiger partial charge in [-0.25, -0.2) is 0 Å². The van der Waals surface area contributed by atoms with Crippen LogP contribution < -0.4 is 5.73 Å². The van der Waals surface area contributed by atoms with E-state index in [4.69, 9.17) is 5.73 Å². The van der Waals surface area contributed by atoms with Crippen LogP contribution in [0.2, 0.25) is 0 Å². The van der Waals surface area contributed by atoms with Gasteiger partial charge in [0.1, 0.15) is 0 Å². The zero-order valence-corrected chi connectivity index (χ0v) is 13.7. The Morgan fingerprint density at radius 1 is 0.857 bits per heavy atom. The van der Waals surface area contributed by atoms with Crippen molar-refractivity contribution in [1.82, 2.24) is 4.90 Å². The van der Waals surface area contributed by atoms with Crippen molar-refractivity contribution >= 4 is 5.91 Å². The predicted octanol–water partition coefficient (Wildman–Crippen LogP) is 3.86. The van der Waals surface area contributed by atoms with Crippen LogP contribution in [0.3, 0.4) is 0 Å². The number of amides is 1. The zero-order valence-electron chi connectivity index (χ0n) is 13.7. The Hall–Kier alpha value is -0.570. The summed E-state index contributed by atoms with van der Waals surface area (Å²) in [6.45, 7) is 1.58. The number of carbonyl (C=O) groups is 1. The molecule has 0 aromatic carbocycles. The van der Waals surface area contributed by atoms with Crippen LogP contribution in [0.4, 0.5) is 0 Å². The molecule has 2 saturated carbocycles. The van der Waals surface area contributed by atoms with Crippen LogP contribution in [0.15, 0.2) is 0 Å². The van der Waals surface area contributed by atoms with Crippen LogP contribution in [0.25, 0.3) is 0 Å². The molecule has 3 heteroatoms. The highest BCUT2D eigenvalue weighted by molar-refractivity contribution is 5.79. The van der Waals surface area contributed by atoms with Gasteiger partial charge in [-0.3, -0.25) is 4.79 Å². The van der Waals surface area contributed by atoms with E-state index >= 15 is 0 Å². The number of hydrogen-bond donors (Lipinski definition) is 1. The lowest BCUT2D eigenvalue weighted by atomic mass is 9.96. The van der Waals surface area contributed by atoms with E-state index < -0.39 is 0 Å². The van der Waals surface area contributed by atoms with Crippen molar-refractivity contribution in [2.45, 2.75) is 89.5 Å². The molecule has 2 N–H and O–H groups in total. The van der Waals surface area contributed by atoms with Gasteiger partial charge in [-0.1, -0.05) is 51.4 Å². The fourth-order valence-corrected chi connectivity index (χ4v) is 4.06. The Kier molecular flexibility index (Phi) is 7.56. The second-order valence-electron chi connectivity index (χ2n) is 7.01. The molecule has 3 nitrogen and oxygen atoms in total. The third kappa shape index (κ3) is 5.28. The Balaban J connectivity index is 2.00. The SMILES string of the molecule is NCCCN(C(=O)C1CCCCCC1)C1CCCCCC1. The fourth-order valence-electron chi connectivity index (χ4n) is 4.06. The Bertz CT molecular complexity index is 290. The highest BCUT2D eigenvalue weighted by Gasteiger charge is 2.29. The largest absolute Gasteiger partial charge is 0.339 e. The van der Waals surface area contributed by atoms with Gasteiger partial charge >= 0.3 is 0 Å². The molecule has 0 aromatic heterocycles. The second kappa shape index (κ2) is 9.45. The molecule has 0 radical (unpaired) electrons. The molecule has 1 amide bonds. The normalized spacial score (nSPS) is 22.5. The molecule has 2 rings (SSSR count). The highest BCUT2D eigenvalue weighted by atomic mass is 16.2. The van der Waals surface area contributed by atoms with Crippen molar-refractivity contribution in [1.29, 1.82) is 0 Å². The first-order valence-corrected chi connectivity index (χ1v) is 9.33. The van der Waals surface area contributed by atoms with Gasteiger partial charge in [0.05, 0.1) is 0 Å². The molecule has 0 aliphatic heterocycles. The molecule has 0 heterocycles. The van der Waals surface area contributed by atoms with Gasteiger partial charge in [-0.05, 0) is 38.6 Å².